The summed E-state index contributed by atoms with van der Waals surface area (Å²) in [5.74, 6) is 0.906. The number of piperidine rings is 1. The van der Waals surface area contributed by atoms with Gasteiger partial charge < -0.3 is 14.6 Å². The molecule has 1 amide bonds. The van der Waals surface area contributed by atoms with Crippen LogP contribution in [0.3, 0.4) is 0 Å². The van der Waals surface area contributed by atoms with Gasteiger partial charge in [0.2, 0.25) is 0 Å². The van der Waals surface area contributed by atoms with Crippen LogP contribution in [0.5, 0.6) is 0 Å². The molecule has 1 saturated heterocycles. The monoisotopic (exact) mass is 336 g/mol. The summed E-state index contributed by atoms with van der Waals surface area (Å²) < 4.78 is 5.00. The Kier molecular flexibility index (Phi) is 4.09. The number of amides is 1. The zero-order valence-corrected chi connectivity index (χ0v) is 14.1. The number of hydrogen-bond donors (Lipinski definition) is 1. The molecule has 1 aliphatic rings. The van der Waals surface area contributed by atoms with Gasteiger partial charge in [-0.3, -0.25) is 4.79 Å². The van der Waals surface area contributed by atoms with Gasteiger partial charge in [0, 0.05) is 24.5 Å². The largest absolute Gasteiger partial charge is 0.472 e. The normalized spacial score (nSPS) is 15.5. The van der Waals surface area contributed by atoms with E-state index < -0.39 is 0 Å². The first-order valence-electron chi connectivity index (χ1n) is 8.50. The van der Waals surface area contributed by atoms with Gasteiger partial charge in [-0.25, -0.2) is 9.97 Å². The molecule has 0 radical (unpaired) electrons. The number of anilines is 1. The maximum absolute atomic E-state index is 12.4. The number of aromatic nitrogens is 2. The number of furan rings is 1. The second kappa shape index (κ2) is 6.55. The van der Waals surface area contributed by atoms with E-state index in [-0.39, 0.29) is 5.91 Å². The van der Waals surface area contributed by atoms with Crippen molar-refractivity contribution in [3.63, 3.8) is 0 Å². The molecule has 2 aromatic heterocycles. The summed E-state index contributed by atoms with van der Waals surface area (Å²) in [6.45, 7) is 3.52. The van der Waals surface area contributed by atoms with Gasteiger partial charge in [0.05, 0.1) is 17.3 Å². The Morgan fingerprint density at radius 3 is 2.84 bits per heavy atom. The Hall–Kier alpha value is -2.89. The van der Waals surface area contributed by atoms with Crippen LogP contribution in [0.2, 0.25) is 0 Å². The number of likely N-dealkylation sites (tertiary alicyclic amines) is 1. The molecular formula is C19H20N4O2. The first kappa shape index (κ1) is 15.6. The molecule has 0 unspecified atom stereocenters. The summed E-state index contributed by atoms with van der Waals surface area (Å²) in [6.07, 6.45) is 6.41. The van der Waals surface area contributed by atoms with Gasteiger partial charge in [0.15, 0.2) is 0 Å². The first-order valence-corrected chi connectivity index (χ1v) is 8.50. The number of nitrogens with zero attached hydrogens (tertiary/aromatic N) is 3. The van der Waals surface area contributed by atoms with E-state index >= 15 is 0 Å². The highest BCUT2D eigenvalue weighted by atomic mass is 16.3. The van der Waals surface area contributed by atoms with Crippen molar-refractivity contribution < 1.29 is 9.21 Å². The topological polar surface area (TPSA) is 71.3 Å². The van der Waals surface area contributed by atoms with Crippen molar-refractivity contribution in [1.29, 1.82) is 0 Å². The summed E-state index contributed by atoms with van der Waals surface area (Å²) >= 11 is 0. The lowest BCUT2D eigenvalue weighted by atomic mass is 10.0. The highest BCUT2D eigenvalue weighted by Crippen LogP contribution is 2.23. The Morgan fingerprint density at radius 2 is 2.08 bits per heavy atom. The lowest BCUT2D eigenvalue weighted by molar-refractivity contribution is 0.0717. The second-order valence-corrected chi connectivity index (χ2v) is 6.47. The summed E-state index contributed by atoms with van der Waals surface area (Å²) in [4.78, 5) is 23.0. The van der Waals surface area contributed by atoms with E-state index in [9.17, 15) is 4.79 Å². The zero-order chi connectivity index (χ0) is 17.2. The molecule has 1 fully saturated rings. The van der Waals surface area contributed by atoms with E-state index in [1.807, 2.05) is 11.0 Å². The van der Waals surface area contributed by atoms with E-state index in [2.05, 4.69) is 34.3 Å². The lowest BCUT2D eigenvalue weighted by Crippen LogP contribution is -2.42. The van der Waals surface area contributed by atoms with Crippen molar-refractivity contribution in [2.45, 2.75) is 25.8 Å². The van der Waals surface area contributed by atoms with Crippen molar-refractivity contribution in [3.8, 4) is 0 Å². The minimum absolute atomic E-state index is 0.0373. The van der Waals surface area contributed by atoms with Crippen molar-refractivity contribution in [3.05, 3.63) is 54.2 Å². The van der Waals surface area contributed by atoms with Crippen LogP contribution in [0.25, 0.3) is 10.9 Å². The molecule has 6 nitrogen and oxygen atoms in total. The maximum atomic E-state index is 12.4. The number of benzene rings is 1. The fraction of sp³-hybridized carbons (Fsp3) is 0.316. The summed E-state index contributed by atoms with van der Waals surface area (Å²) in [5.41, 5.74) is 2.74. The molecule has 1 N–H and O–H groups in total. The van der Waals surface area contributed by atoms with Gasteiger partial charge in [-0.15, -0.1) is 0 Å². The Morgan fingerprint density at radius 1 is 1.24 bits per heavy atom. The Labute approximate surface area is 145 Å². The molecule has 0 bridgehead atoms. The van der Waals surface area contributed by atoms with Crippen molar-refractivity contribution >= 4 is 22.6 Å². The highest BCUT2D eigenvalue weighted by molar-refractivity contribution is 5.94. The molecule has 6 heteroatoms. The van der Waals surface area contributed by atoms with E-state index in [0.717, 1.165) is 42.7 Å². The molecule has 3 aromatic rings. The number of carbonyl (C=O) groups excluding carboxylic acids is 1. The average molecular weight is 336 g/mol. The van der Waals surface area contributed by atoms with Gasteiger partial charge in [-0.1, -0.05) is 11.6 Å². The van der Waals surface area contributed by atoms with Crippen LogP contribution in [0.1, 0.15) is 28.8 Å². The van der Waals surface area contributed by atoms with E-state index in [1.165, 1.54) is 18.1 Å². The van der Waals surface area contributed by atoms with Gasteiger partial charge in [0.1, 0.15) is 18.4 Å². The quantitative estimate of drug-likeness (QED) is 0.795. The SMILES string of the molecule is Cc1ccc2ncnc(NC3CCN(C(=O)c4ccoc4)CC3)c2c1. The minimum atomic E-state index is 0.0373. The third-order valence-corrected chi connectivity index (χ3v) is 4.68. The maximum Gasteiger partial charge on any atom is 0.257 e. The zero-order valence-electron chi connectivity index (χ0n) is 14.1. The highest BCUT2D eigenvalue weighted by Gasteiger charge is 2.24. The minimum Gasteiger partial charge on any atom is -0.472 e. The number of nitrogens with one attached hydrogen (secondary N) is 1. The molecule has 3 heterocycles. The van der Waals surface area contributed by atoms with E-state index in [4.69, 9.17) is 4.42 Å². The van der Waals surface area contributed by atoms with Crippen LogP contribution in [-0.4, -0.2) is 39.9 Å². The summed E-state index contributed by atoms with van der Waals surface area (Å²) in [6, 6.07) is 8.19. The van der Waals surface area contributed by atoms with Gasteiger partial charge in [-0.2, -0.15) is 0 Å². The average Bonchev–Trinajstić information content (AvgIpc) is 3.17. The molecule has 0 spiro atoms. The third kappa shape index (κ3) is 3.20. The molecule has 0 saturated carbocycles. The van der Waals surface area contributed by atoms with Crippen molar-refractivity contribution in [1.82, 2.24) is 14.9 Å². The second-order valence-electron chi connectivity index (χ2n) is 6.47. The number of aryl methyl sites for hydroxylation is 1. The standard InChI is InChI=1S/C19H20N4O2/c1-13-2-3-17-16(10-13)18(21-12-20-17)22-15-4-7-23(8-5-15)19(24)14-6-9-25-11-14/h2-3,6,9-12,15H,4-5,7-8H2,1H3,(H,20,21,22). The fourth-order valence-corrected chi connectivity index (χ4v) is 3.27. The van der Waals surface area contributed by atoms with E-state index in [1.54, 1.807) is 12.4 Å². The predicted molar refractivity (Wildman–Crippen MR) is 95.5 cm³/mol. The third-order valence-electron chi connectivity index (χ3n) is 4.68. The van der Waals surface area contributed by atoms with E-state index in [0.29, 0.717) is 11.6 Å². The molecule has 1 aliphatic heterocycles. The number of hydrogen-bond acceptors (Lipinski definition) is 5. The van der Waals surface area contributed by atoms with Crippen LogP contribution in [0, 0.1) is 6.92 Å². The smallest absolute Gasteiger partial charge is 0.257 e. The molecule has 1 aromatic carbocycles. The van der Waals surface area contributed by atoms with Crippen molar-refractivity contribution in [2.75, 3.05) is 18.4 Å². The van der Waals surface area contributed by atoms with Crippen LogP contribution in [0.15, 0.2) is 47.5 Å². The fourth-order valence-electron chi connectivity index (χ4n) is 3.27. The number of fused-ring (bicyclic) bond motifs is 1. The number of carbonyl (C=O) groups is 1. The molecule has 0 aliphatic carbocycles. The van der Waals surface area contributed by atoms with Crippen LogP contribution in [0.4, 0.5) is 5.82 Å². The van der Waals surface area contributed by atoms with Crippen molar-refractivity contribution in [2.24, 2.45) is 0 Å². The molecule has 128 valence electrons. The molecular weight excluding hydrogens is 316 g/mol. The molecule has 0 atom stereocenters. The van der Waals surface area contributed by atoms with Crippen LogP contribution in [-0.2, 0) is 0 Å². The Balaban J connectivity index is 1.44. The van der Waals surface area contributed by atoms with Gasteiger partial charge >= 0.3 is 0 Å². The van der Waals surface area contributed by atoms with Gasteiger partial charge in [0.25, 0.3) is 5.91 Å². The predicted octanol–water partition coefficient (Wildman–Crippen LogP) is 3.25. The molecule has 25 heavy (non-hydrogen) atoms. The van der Waals surface area contributed by atoms with Crippen LogP contribution < -0.4 is 5.32 Å². The lowest BCUT2D eigenvalue weighted by Gasteiger charge is -2.32. The first-order chi connectivity index (χ1) is 12.2. The summed E-state index contributed by atoms with van der Waals surface area (Å²) in [5, 5.41) is 4.58. The summed E-state index contributed by atoms with van der Waals surface area (Å²) in [7, 11) is 0. The van der Waals surface area contributed by atoms with Gasteiger partial charge in [-0.05, 0) is 38.0 Å². The Bertz CT molecular complexity index is 884. The number of rotatable bonds is 3. The van der Waals surface area contributed by atoms with Crippen LogP contribution >= 0.6 is 0 Å². The molecule has 4 rings (SSSR count).